The Hall–Kier alpha value is -1.49. The second-order valence-electron chi connectivity index (χ2n) is 3.45. The topological polar surface area (TPSA) is 9.23 Å². The van der Waals surface area contributed by atoms with Gasteiger partial charge < -0.3 is 4.74 Å². The predicted molar refractivity (Wildman–Crippen MR) is 61.2 cm³/mol. The Morgan fingerprint density at radius 3 is 2.35 bits per heavy atom. The molecule has 1 nitrogen and oxygen atoms in total. The normalized spacial score (nSPS) is 11.5. The van der Waals surface area contributed by atoms with Crippen LogP contribution >= 0.6 is 11.3 Å². The van der Waals surface area contributed by atoms with Crippen LogP contribution in [-0.4, -0.2) is 6.36 Å². The zero-order valence-electron chi connectivity index (χ0n) is 8.91. The molecule has 2 rings (SSSR count). The van der Waals surface area contributed by atoms with Gasteiger partial charge in [0.05, 0.1) is 0 Å². The van der Waals surface area contributed by atoms with Crippen molar-refractivity contribution in [3.8, 4) is 16.2 Å². The fraction of sp³-hybridized carbons (Fsp3) is 0.167. The van der Waals surface area contributed by atoms with E-state index in [9.17, 15) is 13.2 Å². The number of thiophene rings is 1. The minimum atomic E-state index is -4.66. The maximum absolute atomic E-state index is 12.2. The van der Waals surface area contributed by atoms with E-state index in [-0.39, 0.29) is 5.75 Å². The molecule has 0 saturated carbocycles. The number of alkyl halides is 3. The molecule has 0 amide bonds. The number of hydrogen-bond donors (Lipinski definition) is 0. The molecule has 0 aliphatic rings. The summed E-state index contributed by atoms with van der Waals surface area (Å²) in [5.74, 6) is -0.165. The monoisotopic (exact) mass is 258 g/mol. The lowest BCUT2D eigenvalue weighted by Gasteiger charge is -2.11. The molecule has 17 heavy (non-hydrogen) atoms. The van der Waals surface area contributed by atoms with E-state index >= 15 is 0 Å². The summed E-state index contributed by atoms with van der Waals surface area (Å²) in [7, 11) is 0. The van der Waals surface area contributed by atoms with Gasteiger partial charge in [0.25, 0.3) is 0 Å². The third-order valence-electron chi connectivity index (χ3n) is 2.12. The molecule has 0 saturated heterocycles. The van der Waals surface area contributed by atoms with Crippen LogP contribution in [0.5, 0.6) is 5.75 Å². The second kappa shape index (κ2) is 4.41. The van der Waals surface area contributed by atoms with Crippen LogP contribution < -0.4 is 4.74 Å². The summed E-state index contributed by atoms with van der Waals surface area (Å²) in [5.41, 5.74) is 0.461. The summed E-state index contributed by atoms with van der Waals surface area (Å²) in [4.78, 5) is 1.81. The maximum Gasteiger partial charge on any atom is 0.573 e. The molecule has 0 aliphatic heterocycles. The highest BCUT2D eigenvalue weighted by molar-refractivity contribution is 7.15. The first-order valence-electron chi connectivity index (χ1n) is 4.87. The lowest BCUT2D eigenvalue weighted by Crippen LogP contribution is -2.17. The van der Waals surface area contributed by atoms with Crippen molar-refractivity contribution in [3.05, 3.63) is 41.3 Å². The average molecular weight is 258 g/mol. The number of para-hydroxylation sites is 1. The summed E-state index contributed by atoms with van der Waals surface area (Å²) in [5, 5.41) is 0. The Balaban J connectivity index is 2.41. The van der Waals surface area contributed by atoms with Crippen molar-refractivity contribution in [1.82, 2.24) is 0 Å². The van der Waals surface area contributed by atoms with Gasteiger partial charge in [0.1, 0.15) is 5.75 Å². The molecule has 0 fully saturated rings. The smallest absolute Gasteiger partial charge is 0.405 e. The minimum Gasteiger partial charge on any atom is -0.405 e. The summed E-state index contributed by atoms with van der Waals surface area (Å²) >= 11 is 1.43. The predicted octanol–water partition coefficient (Wildman–Crippen LogP) is 4.62. The molecular weight excluding hydrogens is 249 g/mol. The van der Waals surface area contributed by atoms with E-state index in [4.69, 9.17) is 0 Å². The van der Waals surface area contributed by atoms with Crippen LogP contribution in [0, 0.1) is 6.92 Å². The molecule has 0 N–H and O–H groups in total. The molecule has 1 heterocycles. The van der Waals surface area contributed by atoms with Gasteiger partial charge in [-0.3, -0.25) is 0 Å². The molecule has 1 aromatic carbocycles. The van der Waals surface area contributed by atoms with Crippen LogP contribution in [-0.2, 0) is 0 Å². The second-order valence-corrected chi connectivity index (χ2v) is 4.74. The number of halogens is 3. The fourth-order valence-electron chi connectivity index (χ4n) is 1.46. The first kappa shape index (κ1) is 12.0. The quantitative estimate of drug-likeness (QED) is 0.763. The Kier molecular flexibility index (Phi) is 3.11. The molecule has 0 spiro atoms. The number of ether oxygens (including phenoxy) is 1. The Morgan fingerprint density at radius 2 is 1.76 bits per heavy atom. The molecule has 5 heteroatoms. The van der Waals surface area contributed by atoms with Gasteiger partial charge in [0.2, 0.25) is 0 Å². The summed E-state index contributed by atoms with van der Waals surface area (Å²) in [6.07, 6.45) is -4.66. The fourth-order valence-corrected chi connectivity index (χ4v) is 2.36. The van der Waals surface area contributed by atoms with Gasteiger partial charge in [-0.2, -0.15) is 0 Å². The summed E-state index contributed by atoms with van der Waals surface area (Å²) < 4.78 is 40.7. The summed E-state index contributed by atoms with van der Waals surface area (Å²) in [6, 6.07) is 9.80. The molecule has 0 radical (unpaired) electrons. The molecule has 0 bridgehead atoms. The van der Waals surface area contributed by atoms with Gasteiger partial charge in [0.15, 0.2) is 0 Å². The van der Waals surface area contributed by atoms with E-state index in [1.165, 1.54) is 23.5 Å². The van der Waals surface area contributed by atoms with Crippen molar-refractivity contribution >= 4 is 11.3 Å². The first-order valence-corrected chi connectivity index (χ1v) is 5.69. The lowest BCUT2D eigenvalue weighted by atomic mass is 10.1. The number of rotatable bonds is 2. The van der Waals surface area contributed by atoms with Crippen molar-refractivity contribution in [2.45, 2.75) is 13.3 Å². The molecule has 0 aliphatic carbocycles. The van der Waals surface area contributed by atoms with E-state index < -0.39 is 6.36 Å². The van der Waals surface area contributed by atoms with Gasteiger partial charge in [-0.1, -0.05) is 12.1 Å². The van der Waals surface area contributed by atoms with Crippen LogP contribution in [0.4, 0.5) is 13.2 Å². The van der Waals surface area contributed by atoms with E-state index in [0.717, 1.165) is 9.75 Å². The SMILES string of the molecule is Cc1ccc(-c2ccccc2OC(F)(F)F)s1. The lowest BCUT2D eigenvalue weighted by molar-refractivity contribution is -0.274. The molecule has 90 valence electrons. The standard InChI is InChI=1S/C12H9F3OS/c1-8-6-7-11(17-8)9-4-2-3-5-10(9)16-12(13,14)15/h2-7H,1H3. The highest BCUT2D eigenvalue weighted by atomic mass is 32.1. The Morgan fingerprint density at radius 1 is 1.06 bits per heavy atom. The first-order chi connectivity index (χ1) is 7.96. The number of aryl methyl sites for hydroxylation is 1. The third-order valence-corrected chi connectivity index (χ3v) is 3.15. The van der Waals surface area contributed by atoms with Crippen molar-refractivity contribution in [2.24, 2.45) is 0 Å². The maximum atomic E-state index is 12.2. The van der Waals surface area contributed by atoms with Gasteiger partial charge >= 0.3 is 6.36 Å². The number of hydrogen-bond acceptors (Lipinski definition) is 2. The van der Waals surface area contributed by atoms with E-state index in [2.05, 4.69) is 4.74 Å². The third kappa shape index (κ3) is 3.00. The van der Waals surface area contributed by atoms with Crippen LogP contribution in [0.15, 0.2) is 36.4 Å². The van der Waals surface area contributed by atoms with Crippen LogP contribution in [0.3, 0.4) is 0 Å². The molecule has 0 atom stereocenters. The Bertz CT molecular complexity index is 516. The van der Waals surface area contributed by atoms with Gasteiger partial charge in [-0.25, -0.2) is 0 Å². The van der Waals surface area contributed by atoms with Crippen molar-refractivity contribution in [1.29, 1.82) is 0 Å². The summed E-state index contributed by atoms with van der Waals surface area (Å²) in [6.45, 7) is 1.90. The van der Waals surface area contributed by atoms with Crippen LogP contribution in [0.2, 0.25) is 0 Å². The average Bonchev–Trinajstić information content (AvgIpc) is 2.63. The highest BCUT2D eigenvalue weighted by Gasteiger charge is 2.32. The highest BCUT2D eigenvalue weighted by Crippen LogP contribution is 2.36. The zero-order valence-corrected chi connectivity index (χ0v) is 9.73. The van der Waals surface area contributed by atoms with E-state index in [0.29, 0.717) is 5.56 Å². The Labute approximate surface area is 100 Å². The van der Waals surface area contributed by atoms with Gasteiger partial charge in [0, 0.05) is 15.3 Å². The minimum absolute atomic E-state index is 0.165. The molecular formula is C12H9F3OS. The molecule has 2 aromatic rings. The molecule has 1 aromatic heterocycles. The van der Waals surface area contributed by atoms with Crippen molar-refractivity contribution in [3.63, 3.8) is 0 Å². The number of benzene rings is 1. The van der Waals surface area contributed by atoms with Crippen LogP contribution in [0.25, 0.3) is 10.4 Å². The molecule has 0 unspecified atom stereocenters. The van der Waals surface area contributed by atoms with Gasteiger partial charge in [-0.15, -0.1) is 24.5 Å². The van der Waals surface area contributed by atoms with Crippen molar-refractivity contribution in [2.75, 3.05) is 0 Å². The largest absolute Gasteiger partial charge is 0.573 e. The van der Waals surface area contributed by atoms with Crippen molar-refractivity contribution < 1.29 is 17.9 Å². The van der Waals surface area contributed by atoms with Gasteiger partial charge in [-0.05, 0) is 31.2 Å². The van der Waals surface area contributed by atoms with E-state index in [1.54, 1.807) is 18.2 Å². The van der Waals surface area contributed by atoms with Crippen LogP contribution in [0.1, 0.15) is 4.88 Å². The van der Waals surface area contributed by atoms with E-state index in [1.807, 2.05) is 13.0 Å². The zero-order chi connectivity index (χ0) is 12.5.